The summed E-state index contributed by atoms with van der Waals surface area (Å²) in [5, 5.41) is 18.1. The van der Waals surface area contributed by atoms with Gasteiger partial charge in [0, 0.05) is 25.6 Å². The molecule has 0 aromatic heterocycles. The van der Waals surface area contributed by atoms with E-state index in [1.165, 1.54) is 20.1 Å². The molecule has 2 unspecified atom stereocenters. The van der Waals surface area contributed by atoms with Crippen molar-refractivity contribution in [3.63, 3.8) is 0 Å². The van der Waals surface area contributed by atoms with Crippen molar-refractivity contribution < 1.29 is 28.9 Å². The molecule has 0 spiro atoms. The number of aliphatic hydroxyl groups is 1. The monoisotopic (exact) mass is 555 g/mol. The normalized spacial score (nSPS) is 14.8. The van der Waals surface area contributed by atoms with Crippen LogP contribution >= 0.6 is 0 Å². The van der Waals surface area contributed by atoms with E-state index in [4.69, 9.17) is 19.3 Å². The lowest BCUT2D eigenvalue weighted by molar-refractivity contribution is -0.122. The molecule has 0 bridgehead atoms. The highest BCUT2D eigenvalue weighted by molar-refractivity contribution is 5.86. The Hall–Kier alpha value is -3.79. The second kappa shape index (κ2) is 14.0. The molecule has 2 aromatic rings. The smallest absolute Gasteiger partial charge is 0.242 e. The molecule has 0 fully saturated rings. The van der Waals surface area contributed by atoms with Crippen LogP contribution in [0.25, 0.3) is 11.1 Å². The summed E-state index contributed by atoms with van der Waals surface area (Å²) >= 11 is 0. The summed E-state index contributed by atoms with van der Waals surface area (Å²) in [4.78, 5) is 38.7. The summed E-state index contributed by atoms with van der Waals surface area (Å²) in [6.07, 6.45) is 2.09. The number of rotatable bonds is 12. The van der Waals surface area contributed by atoms with Crippen LogP contribution < -0.4 is 35.6 Å². The van der Waals surface area contributed by atoms with E-state index in [0.29, 0.717) is 60.6 Å². The van der Waals surface area contributed by atoms with E-state index >= 15 is 0 Å². The van der Waals surface area contributed by atoms with Crippen LogP contribution in [0.4, 0.5) is 5.69 Å². The van der Waals surface area contributed by atoms with E-state index < -0.39 is 12.1 Å². The van der Waals surface area contributed by atoms with E-state index in [2.05, 4.69) is 16.0 Å². The van der Waals surface area contributed by atoms with E-state index in [9.17, 15) is 14.4 Å². The van der Waals surface area contributed by atoms with Crippen molar-refractivity contribution in [2.24, 2.45) is 5.92 Å². The number of anilines is 1. The number of benzene rings is 1. The molecule has 0 aliphatic heterocycles. The molecule has 10 nitrogen and oxygen atoms in total. The Balaban J connectivity index is 2.21. The van der Waals surface area contributed by atoms with Crippen molar-refractivity contribution in [3.05, 3.63) is 45.6 Å². The summed E-state index contributed by atoms with van der Waals surface area (Å²) in [5.74, 6) is 1.15. The summed E-state index contributed by atoms with van der Waals surface area (Å²) in [6, 6.07) is 5.85. The van der Waals surface area contributed by atoms with Crippen LogP contribution in [0.3, 0.4) is 0 Å². The summed E-state index contributed by atoms with van der Waals surface area (Å²) < 4.78 is 17.0. The molecular formula is C30H41N3O7. The first-order chi connectivity index (χ1) is 19.1. The number of fused-ring (bicyclic) bond motifs is 3. The fourth-order valence-corrected chi connectivity index (χ4v) is 5.13. The SMILES string of the molecule is COc1cc2c(c(OC)c1OC)-c1ccc(NC(CC(C)C)C(=O)NCCCO)c(=O)cc1C(NC(C)=O)CC2. The Morgan fingerprint density at radius 3 is 2.40 bits per heavy atom. The topological polar surface area (TPSA) is 135 Å². The number of ether oxygens (including phenoxy) is 3. The maximum atomic E-state index is 13.6. The minimum absolute atomic E-state index is 0.0234. The number of aryl methyl sites for hydroxylation is 1. The molecule has 2 aromatic carbocycles. The van der Waals surface area contributed by atoms with E-state index in [1.807, 2.05) is 26.0 Å². The number of hydrogen-bond acceptors (Lipinski definition) is 8. The molecule has 0 radical (unpaired) electrons. The van der Waals surface area contributed by atoms with Gasteiger partial charge in [-0.05, 0) is 66.5 Å². The second-order valence-corrected chi connectivity index (χ2v) is 10.3. The zero-order valence-corrected chi connectivity index (χ0v) is 24.2. The quantitative estimate of drug-likeness (QED) is 0.293. The Bertz CT molecular complexity index is 1280. The van der Waals surface area contributed by atoms with E-state index in [1.54, 1.807) is 20.3 Å². The largest absolute Gasteiger partial charge is 0.493 e. The predicted octanol–water partition coefficient (Wildman–Crippen LogP) is 3.19. The van der Waals surface area contributed by atoms with Gasteiger partial charge < -0.3 is 35.3 Å². The molecular weight excluding hydrogens is 514 g/mol. The van der Waals surface area contributed by atoms with Gasteiger partial charge in [0.2, 0.25) is 23.0 Å². The highest BCUT2D eigenvalue weighted by Crippen LogP contribution is 2.50. The molecule has 0 saturated heterocycles. The van der Waals surface area contributed by atoms with Crippen molar-refractivity contribution in [1.82, 2.24) is 10.6 Å². The predicted molar refractivity (Wildman–Crippen MR) is 154 cm³/mol. The number of amides is 2. The molecule has 1 aliphatic rings. The molecule has 10 heteroatoms. The van der Waals surface area contributed by atoms with Crippen molar-refractivity contribution in [2.75, 3.05) is 39.8 Å². The standard InChI is InChI=1S/C30H41N3O7/c1-17(2)14-24(30(37)31-12-7-13-34)33-23-11-9-20-21(16-25(23)36)22(32-18(3)35)10-8-19-15-26(38-4)28(39-5)29(40-6)27(19)20/h9,11,15-17,22,24,34H,7-8,10,12-14H2,1-6H3,(H,31,37)(H,32,35)(H,33,36). The van der Waals surface area contributed by atoms with Gasteiger partial charge >= 0.3 is 0 Å². The maximum Gasteiger partial charge on any atom is 0.242 e. The fourth-order valence-electron chi connectivity index (χ4n) is 5.13. The van der Waals surface area contributed by atoms with Gasteiger partial charge in [-0.2, -0.15) is 0 Å². The molecule has 0 saturated carbocycles. The van der Waals surface area contributed by atoms with Gasteiger partial charge in [0.05, 0.1) is 33.1 Å². The van der Waals surface area contributed by atoms with Crippen LogP contribution in [0, 0.1) is 5.92 Å². The lowest BCUT2D eigenvalue weighted by Crippen LogP contribution is -2.41. The molecule has 2 atom stereocenters. The first-order valence-corrected chi connectivity index (χ1v) is 13.6. The Kier molecular flexibility index (Phi) is 10.8. The van der Waals surface area contributed by atoms with Gasteiger partial charge in [0.1, 0.15) is 6.04 Å². The van der Waals surface area contributed by atoms with Gasteiger partial charge in [-0.1, -0.05) is 19.9 Å². The van der Waals surface area contributed by atoms with Crippen LogP contribution in [0.2, 0.25) is 0 Å². The Labute approximate surface area is 235 Å². The minimum atomic E-state index is -0.647. The number of methoxy groups -OCH3 is 3. The van der Waals surface area contributed by atoms with E-state index in [0.717, 1.165) is 11.1 Å². The third-order valence-electron chi connectivity index (χ3n) is 6.90. The highest BCUT2D eigenvalue weighted by Gasteiger charge is 2.30. The molecule has 0 heterocycles. The molecule has 3 rings (SSSR count). The Morgan fingerprint density at radius 1 is 1.07 bits per heavy atom. The van der Waals surface area contributed by atoms with Gasteiger partial charge in [-0.3, -0.25) is 14.4 Å². The van der Waals surface area contributed by atoms with Crippen molar-refractivity contribution in [3.8, 4) is 28.4 Å². The second-order valence-electron chi connectivity index (χ2n) is 10.3. The number of aliphatic hydroxyl groups excluding tert-OH is 1. The van der Waals surface area contributed by atoms with E-state index in [-0.39, 0.29) is 35.5 Å². The van der Waals surface area contributed by atoms with Crippen LogP contribution in [-0.4, -0.2) is 57.4 Å². The lowest BCUT2D eigenvalue weighted by atomic mass is 9.95. The van der Waals surface area contributed by atoms with Crippen molar-refractivity contribution in [2.45, 2.75) is 58.5 Å². The third-order valence-corrected chi connectivity index (χ3v) is 6.90. The molecule has 40 heavy (non-hydrogen) atoms. The average Bonchev–Trinajstić information content (AvgIpc) is 3.15. The first-order valence-electron chi connectivity index (χ1n) is 13.6. The molecule has 2 amide bonds. The zero-order valence-electron chi connectivity index (χ0n) is 24.2. The van der Waals surface area contributed by atoms with Crippen LogP contribution in [0.15, 0.2) is 29.1 Å². The summed E-state index contributed by atoms with van der Waals surface area (Å²) in [7, 11) is 4.64. The number of carbonyl (C=O) groups excluding carboxylic acids is 2. The number of nitrogens with one attached hydrogen (secondary N) is 3. The van der Waals surface area contributed by atoms with Crippen LogP contribution in [0.5, 0.6) is 17.2 Å². The summed E-state index contributed by atoms with van der Waals surface area (Å²) in [5.41, 5.74) is 2.99. The lowest BCUT2D eigenvalue weighted by Gasteiger charge is -2.20. The zero-order chi connectivity index (χ0) is 29.4. The molecule has 218 valence electrons. The molecule has 4 N–H and O–H groups in total. The van der Waals surface area contributed by atoms with Gasteiger partial charge in [-0.15, -0.1) is 0 Å². The molecule has 1 aliphatic carbocycles. The fraction of sp³-hybridized carbons (Fsp3) is 0.500. The van der Waals surface area contributed by atoms with Crippen LogP contribution in [-0.2, 0) is 16.0 Å². The number of hydrogen-bond donors (Lipinski definition) is 4. The average molecular weight is 556 g/mol. The van der Waals surface area contributed by atoms with Crippen molar-refractivity contribution >= 4 is 17.5 Å². The Morgan fingerprint density at radius 2 is 1.80 bits per heavy atom. The first kappa shape index (κ1) is 30.7. The maximum absolute atomic E-state index is 13.6. The third kappa shape index (κ3) is 7.04. The van der Waals surface area contributed by atoms with Gasteiger partial charge in [-0.25, -0.2) is 0 Å². The van der Waals surface area contributed by atoms with Crippen LogP contribution in [0.1, 0.15) is 57.2 Å². The summed E-state index contributed by atoms with van der Waals surface area (Å²) in [6.45, 7) is 5.77. The van der Waals surface area contributed by atoms with Crippen molar-refractivity contribution in [1.29, 1.82) is 0 Å². The van der Waals surface area contributed by atoms with Gasteiger partial charge in [0.15, 0.2) is 11.5 Å². The highest BCUT2D eigenvalue weighted by atomic mass is 16.5. The minimum Gasteiger partial charge on any atom is -0.493 e. The van der Waals surface area contributed by atoms with Gasteiger partial charge in [0.25, 0.3) is 0 Å². The number of carbonyl (C=O) groups is 2.